The molecule has 0 unspecified atom stereocenters. The second-order valence-corrected chi connectivity index (χ2v) is 7.01. The number of aliphatic hydroxyl groups is 1. The Morgan fingerprint density at radius 1 is 1.26 bits per heavy atom. The number of nitrogens with one attached hydrogen (secondary N) is 1. The van der Waals surface area contributed by atoms with E-state index in [0.29, 0.717) is 12.1 Å². The maximum atomic E-state index is 12.0. The highest BCUT2D eigenvalue weighted by atomic mass is 32.2. The predicted molar refractivity (Wildman–Crippen MR) is 79.8 cm³/mol. The van der Waals surface area contributed by atoms with Gasteiger partial charge in [0.25, 0.3) is 0 Å². The Kier molecular flexibility index (Phi) is 7.45. The zero-order chi connectivity index (χ0) is 14.1. The van der Waals surface area contributed by atoms with E-state index >= 15 is 0 Å². The van der Waals surface area contributed by atoms with Crippen molar-refractivity contribution in [1.82, 2.24) is 4.72 Å². The van der Waals surface area contributed by atoms with Crippen molar-refractivity contribution in [3.8, 4) is 0 Å². The van der Waals surface area contributed by atoms with Crippen LogP contribution in [0.25, 0.3) is 0 Å². The molecule has 0 spiro atoms. The molecule has 1 aromatic carbocycles. The van der Waals surface area contributed by atoms with Crippen LogP contribution in [0, 0.1) is 0 Å². The zero-order valence-electron chi connectivity index (χ0n) is 11.1. The van der Waals surface area contributed by atoms with E-state index in [1.807, 2.05) is 0 Å². The molecule has 0 bridgehead atoms. The fourth-order valence-corrected chi connectivity index (χ4v) is 3.29. The van der Waals surface area contributed by atoms with Gasteiger partial charge in [-0.25, -0.2) is 13.1 Å². The van der Waals surface area contributed by atoms with Crippen LogP contribution in [0.15, 0.2) is 29.2 Å². The smallest absolute Gasteiger partial charge is 0.240 e. The van der Waals surface area contributed by atoms with Gasteiger partial charge in [-0.3, -0.25) is 0 Å². The average Bonchev–Trinajstić information content (AvgIpc) is 2.43. The predicted octanol–water partition coefficient (Wildman–Crippen LogP) is 1.99. The normalized spacial score (nSPS) is 11.7. The van der Waals surface area contributed by atoms with E-state index in [9.17, 15) is 8.42 Å². The van der Waals surface area contributed by atoms with Crippen molar-refractivity contribution in [1.29, 1.82) is 0 Å². The highest BCUT2D eigenvalue weighted by Crippen LogP contribution is 2.11. The van der Waals surface area contributed by atoms with Crippen molar-refractivity contribution in [3.05, 3.63) is 29.8 Å². The van der Waals surface area contributed by atoms with Crippen LogP contribution < -0.4 is 4.72 Å². The third kappa shape index (κ3) is 5.95. The molecule has 0 aliphatic rings. The van der Waals surface area contributed by atoms with Gasteiger partial charge in [-0.2, -0.15) is 11.8 Å². The van der Waals surface area contributed by atoms with Crippen molar-refractivity contribution in [2.75, 3.05) is 18.6 Å². The van der Waals surface area contributed by atoms with Gasteiger partial charge >= 0.3 is 0 Å². The molecule has 0 fully saturated rings. The number of hydrogen-bond donors (Lipinski definition) is 2. The highest BCUT2D eigenvalue weighted by molar-refractivity contribution is 7.98. The maximum Gasteiger partial charge on any atom is 0.240 e. The first-order valence-corrected chi connectivity index (χ1v) is 9.16. The molecule has 6 heteroatoms. The van der Waals surface area contributed by atoms with Gasteiger partial charge in [-0.1, -0.05) is 18.6 Å². The van der Waals surface area contributed by atoms with Crippen LogP contribution >= 0.6 is 11.8 Å². The summed E-state index contributed by atoms with van der Waals surface area (Å²) in [5, 5.41) is 9.01. The van der Waals surface area contributed by atoms with Crippen LogP contribution in [-0.2, 0) is 16.6 Å². The highest BCUT2D eigenvalue weighted by Gasteiger charge is 2.13. The summed E-state index contributed by atoms with van der Waals surface area (Å²) < 4.78 is 26.6. The van der Waals surface area contributed by atoms with Crippen LogP contribution in [-0.4, -0.2) is 32.1 Å². The lowest BCUT2D eigenvalue weighted by molar-refractivity contribution is 0.281. The van der Waals surface area contributed by atoms with Crippen LogP contribution in [0.5, 0.6) is 0 Å². The van der Waals surface area contributed by atoms with Gasteiger partial charge in [0.05, 0.1) is 11.5 Å². The first kappa shape index (κ1) is 16.5. The Bertz CT molecular complexity index is 475. The molecule has 19 heavy (non-hydrogen) atoms. The molecular formula is C13H21NO3S2. The number of rotatable bonds is 9. The van der Waals surface area contributed by atoms with Crippen molar-refractivity contribution in [3.63, 3.8) is 0 Å². The fraction of sp³-hybridized carbons (Fsp3) is 0.538. The van der Waals surface area contributed by atoms with E-state index in [0.717, 1.165) is 25.0 Å². The molecule has 0 amide bonds. The van der Waals surface area contributed by atoms with E-state index < -0.39 is 10.0 Å². The van der Waals surface area contributed by atoms with Crippen molar-refractivity contribution < 1.29 is 13.5 Å². The lowest BCUT2D eigenvalue weighted by Crippen LogP contribution is -2.24. The van der Waals surface area contributed by atoms with Crippen LogP contribution in [0.1, 0.15) is 24.8 Å². The summed E-state index contributed by atoms with van der Waals surface area (Å²) in [5.74, 6) is 1.12. The number of aliphatic hydroxyl groups excluding tert-OH is 1. The minimum atomic E-state index is -3.45. The van der Waals surface area contributed by atoms with Crippen LogP contribution in [0.2, 0.25) is 0 Å². The molecule has 0 radical (unpaired) electrons. The van der Waals surface area contributed by atoms with Gasteiger partial charge < -0.3 is 5.11 Å². The average molecular weight is 303 g/mol. The maximum absolute atomic E-state index is 12.0. The summed E-state index contributed by atoms with van der Waals surface area (Å²) >= 11 is 1.80. The SMILES string of the molecule is CSCCCCCNS(=O)(=O)c1cccc(CO)c1. The minimum Gasteiger partial charge on any atom is -0.392 e. The Morgan fingerprint density at radius 2 is 2.05 bits per heavy atom. The van der Waals surface area contributed by atoms with Crippen LogP contribution in [0.4, 0.5) is 0 Å². The van der Waals surface area contributed by atoms with Gasteiger partial charge in [0.15, 0.2) is 0 Å². The number of unbranched alkanes of at least 4 members (excludes halogenated alkanes) is 2. The van der Waals surface area contributed by atoms with E-state index in [4.69, 9.17) is 5.11 Å². The molecule has 0 atom stereocenters. The molecule has 1 rings (SSSR count). The molecule has 4 nitrogen and oxygen atoms in total. The quantitative estimate of drug-likeness (QED) is 0.685. The van der Waals surface area contributed by atoms with Crippen LogP contribution in [0.3, 0.4) is 0 Å². The monoisotopic (exact) mass is 303 g/mol. The lowest BCUT2D eigenvalue weighted by atomic mass is 10.2. The molecule has 108 valence electrons. The Labute approximate surface area is 119 Å². The molecular weight excluding hydrogens is 282 g/mol. The zero-order valence-corrected chi connectivity index (χ0v) is 12.8. The van der Waals surface area contributed by atoms with E-state index in [-0.39, 0.29) is 11.5 Å². The first-order chi connectivity index (χ1) is 9.10. The summed E-state index contributed by atoms with van der Waals surface area (Å²) in [4.78, 5) is 0.211. The second-order valence-electron chi connectivity index (χ2n) is 4.26. The third-order valence-electron chi connectivity index (χ3n) is 2.71. The Morgan fingerprint density at radius 3 is 2.74 bits per heavy atom. The summed E-state index contributed by atoms with van der Waals surface area (Å²) in [6, 6.07) is 6.37. The Hall–Kier alpha value is -0.560. The number of benzene rings is 1. The van der Waals surface area contributed by atoms with E-state index in [1.54, 1.807) is 23.9 Å². The van der Waals surface area contributed by atoms with E-state index in [2.05, 4.69) is 11.0 Å². The van der Waals surface area contributed by atoms with Crippen molar-refractivity contribution >= 4 is 21.8 Å². The van der Waals surface area contributed by atoms with Crippen molar-refractivity contribution in [2.24, 2.45) is 0 Å². The number of hydrogen-bond acceptors (Lipinski definition) is 4. The van der Waals surface area contributed by atoms with Crippen molar-refractivity contribution in [2.45, 2.75) is 30.8 Å². The summed E-state index contributed by atoms with van der Waals surface area (Å²) in [6.07, 6.45) is 5.05. The van der Waals surface area contributed by atoms with Gasteiger partial charge in [0.1, 0.15) is 0 Å². The molecule has 0 aliphatic carbocycles. The molecule has 0 heterocycles. The summed E-state index contributed by atoms with van der Waals surface area (Å²) in [6.45, 7) is 0.304. The molecule has 1 aromatic rings. The fourth-order valence-electron chi connectivity index (χ4n) is 1.65. The topological polar surface area (TPSA) is 66.4 Å². The van der Waals surface area contributed by atoms with Gasteiger partial charge in [-0.05, 0) is 42.5 Å². The third-order valence-corrected chi connectivity index (χ3v) is 4.86. The molecule has 0 aliphatic heterocycles. The van der Waals surface area contributed by atoms with Gasteiger partial charge in [0.2, 0.25) is 10.0 Å². The van der Waals surface area contributed by atoms with Gasteiger partial charge in [0, 0.05) is 6.54 Å². The molecule has 0 saturated carbocycles. The summed E-state index contributed by atoms with van der Waals surface area (Å²) in [5.41, 5.74) is 0.600. The lowest BCUT2D eigenvalue weighted by Gasteiger charge is -2.07. The van der Waals surface area contributed by atoms with E-state index in [1.165, 1.54) is 12.1 Å². The first-order valence-electron chi connectivity index (χ1n) is 6.28. The Balaban J connectivity index is 2.46. The van der Waals surface area contributed by atoms with Gasteiger partial charge in [-0.15, -0.1) is 0 Å². The summed E-state index contributed by atoms with van der Waals surface area (Å²) in [7, 11) is -3.45. The largest absolute Gasteiger partial charge is 0.392 e. The molecule has 2 N–H and O–H groups in total. The standard InChI is InChI=1S/C13H21NO3S2/c1-18-9-4-2-3-8-14-19(16,17)13-7-5-6-12(10-13)11-15/h5-7,10,14-15H,2-4,8-9,11H2,1H3. The second kappa shape index (κ2) is 8.58. The molecule has 0 aromatic heterocycles. The number of thioether (sulfide) groups is 1. The molecule has 0 saturated heterocycles. The number of sulfonamides is 1. The minimum absolute atomic E-state index is 0.155.